The zero-order valence-electron chi connectivity index (χ0n) is 17.1. The first-order chi connectivity index (χ1) is 14.5. The minimum absolute atomic E-state index is 0.165. The van der Waals surface area contributed by atoms with Crippen LogP contribution in [0, 0.1) is 0 Å². The highest BCUT2D eigenvalue weighted by Crippen LogP contribution is 2.22. The summed E-state index contributed by atoms with van der Waals surface area (Å²) in [6.45, 7) is 4.30. The number of benzene rings is 2. The molecule has 0 saturated heterocycles. The molecule has 1 amide bonds. The van der Waals surface area contributed by atoms with E-state index in [0.717, 1.165) is 29.8 Å². The van der Waals surface area contributed by atoms with Gasteiger partial charge >= 0.3 is 0 Å². The van der Waals surface area contributed by atoms with Crippen molar-refractivity contribution in [1.82, 2.24) is 9.97 Å². The van der Waals surface area contributed by atoms with Crippen molar-refractivity contribution in [2.45, 2.75) is 43.7 Å². The minimum atomic E-state index is -0.418. The number of carbonyl (C=O) groups is 1. The van der Waals surface area contributed by atoms with E-state index in [4.69, 9.17) is 4.74 Å². The molecule has 0 bridgehead atoms. The van der Waals surface area contributed by atoms with Crippen molar-refractivity contribution in [3.63, 3.8) is 0 Å². The summed E-state index contributed by atoms with van der Waals surface area (Å²) in [5.74, 6) is 0.565. The lowest BCUT2D eigenvalue weighted by atomic mass is 10.2. The molecular weight excluding hydrogens is 398 g/mol. The van der Waals surface area contributed by atoms with Crippen LogP contribution in [0.1, 0.15) is 31.5 Å². The van der Waals surface area contributed by atoms with Crippen molar-refractivity contribution >= 4 is 23.4 Å². The van der Waals surface area contributed by atoms with Crippen LogP contribution in [0.3, 0.4) is 0 Å². The van der Waals surface area contributed by atoms with Crippen LogP contribution >= 0.6 is 11.8 Å². The second kappa shape index (κ2) is 10.6. The van der Waals surface area contributed by atoms with Gasteiger partial charge in [-0.05, 0) is 43.2 Å². The molecule has 0 spiro atoms. The number of anilines is 1. The summed E-state index contributed by atoms with van der Waals surface area (Å²) in [5.41, 5.74) is 2.31. The molecule has 1 heterocycles. The number of amides is 1. The molecule has 1 aromatic heterocycles. The Morgan fingerprint density at radius 1 is 1.17 bits per heavy atom. The average molecular weight is 424 g/mol. The Morgan fingerprint density at radius 2 is 1.90 bits per heavy atom. The maximum Gasteiger partial charge on any atom is 0.251 e. The fourth-order valence-corrected chi connectivity index (χ4v) is 3.59. The smallest absolute Gasteiger partial charge is 0.251 e. The maximum atomic E-state index is 12.5. The number of rotatable bonds is 9. The summed E-state index contributed by atoms with van der Waals surface area (Å²) in [7, 11) is 0. The number of ether oxygens (including phenoxy) is 1. The van der Waals surface area contributed by atoms with E-state index in [9.17, 15) is 9.59 Å². The van der Waals surface area contributed by atoms with E-state index >= 15 is 0 Å². The number of nitrogens with one attached hydrogen (secondary N) is 2. The first-order valence-corrected chi connectivity index (χ1v) is 10.8. The Bertz CT molecular complexity index is 1020. The molecule has 156 valence electrons. The maximum absolute atomic E-state index is 12.5. The van der Waals surface area contributed by atoms with Gasteiger partial charge in [0.05, 0.1) is 5.25 Å². The predicted molar refractivity (Wildman–Crippen MR) is 120 cm³/mol. The summed E-state index contributed by atoms with van der Waals surface area (Å²) >= 11 is 1.23. The molecule has 0 fully saturated rings. The highest BCUT2D eigenvalue weighted by Gasteiger charge is 2.16. The molecular formula is C23H25N3O3S. The van der Waals surface area contributed by atoms with Crippen LogP contribution in [0.25, 0.3) is 0 Å². The normalized spacial score (nSPS) is 11.7. The predicted octanol–water partition coefficient (Wildman–Crippen LogP) is 4.42. The summed E-state index contributed by atoms with van der Waals surface area (Å²) < 4.78 is 5.76. The van der Waals surface area contributed by atoms with Crippen molar-refractivity contribution < 1.29 is 9.53 Å². The van der Waals surface area contributed by atoms with Crippen LogP contribution in [0.15, 0.2) is 70.6 Å². The Hall–Kier alpha value is -3.06. The Balaban J connectivity index is 1.54. The van der Waals surface area contributed by atoms with E-state index in [0.29, 0.717) is 17.5 Å². The lowest BCUT2D eigenvalue weighted by Gasteiger charge is -2.12. The molecule has 7 heteroatoms. The SMILES string of the molecule is CCCc1cc(=O)[nH]c(SC(C)C(=O)Nc2ccc(OCc3ccccc3)cc2)n1. The monoisotopic (exact) mass is 423 g/mol. The second-order valence-corrected chi connectivity index (χ2v) is 8.17. The van der Waals surface area contributed by atoms with Crippen LogP contribution < -0.4 is 15.6 Å². The Kier molecular flexibility index (Phi) is 7.68. The molecule has 0 aliphatic carbocycles. The second-order valence-electron chi connectivity index (χ2n) is 6.84. The number of carbonyl (C=O) groups excluding carboxylic acids is 1. The van der Waals surface area contributed by atoms with Crippen LogP contribution in [0.4, 0.5) is 5.69 Å². The van der Waals surface area contributed by atoms with Gasteiger partial charge in [-0.2, -0.15) is 0 Å². The number of hydrogen-bond donors (Lipinski definition) is 2. The van der Waals surface area contributed by atoms with Crippen molar-refractivity contribution in [3.05, 3.63) is 82.3 Å². The molecule has 0 aliphatic rings. The Morgan fingerprint density at radius 3 is 2.60 bits per heavy atom. The van der Waals surface area contributed by atoms with Crippen LogP contribution in [-0.2, 0) is 17.8 Å². The van der Waals surface area contributed by atoms with Crippen molar-refractivity contribution in [3.8, 4) is 5.75 Å². The average Bonchev–Trinajstić information content (AvgIpc) is 2.74. The topological polar surface area (TPSA) is 84.1 Å². The third-order valence-corrected chi connectivity index (χ3v) is 5.29. The molecule has 0 radical (unpaired) electrons. The summed E-state index contributed by atoms with van der Waals surface area (Å²) in [4.78, 5) is 31.4. The van der Waals surface area contributed by atoms with Crippen LogP contribution in [0.2, 0.25) is 0 Å². The number of H-pyrrole nitrogens is 1. The van der Waals surface area contributed by atoms with Crippen LogP contribution in [-0.4, -0.2) is 21.1 Å². The zero-order valence-corrected chi connectivity index (χ0v) is 17.9. The van der Waals surface area contributed by atoms with Gasteiger partial charge in [-0.1, -0.05) is 55.4 Å². The van der Waals surface area contributed by atoms with Crippen molar-refractivity contribution in [1.29, 1.82) is 0 Å². The van der Waals surface area contributed by atoms with Gasteiger partial charge in [-0.3, -0.25) is 9.59 Å². The molecule has 0 aliphatic heterocycles. The van der Waals surface area contributed by atoms with Gasteiger partial charge in [0, 0.05) is 17.4 Å². The van der Waals surface area contributed by atoms with Gasteiger partial charge < -0.3 is 15.0 Å². The highest BCUT2D eigenvalue weighted by molar-refractivity contribution is 8.00. The fourth-order valence-electron chi connectivity index (χ4n) is 2.76. The fraction of sp³-hybridized carbons (Fsp3) is 0.261. The molecule has 2 N–H and O–H groups in total. The van der Waals surface area contributed by atoms with E-state index in [1.165, 1.54) is 17.8 Å². The molecule has 30 heavy (non-hydrogen) atoms. The van der Waals surface area contributed by atoms with Gasteiger partial charge in [0.25, 0.3) is 5.56 Å². The van der Waals surface area contributed by atoms with Crippen molar-refractivity contribution in [2.75, 3.05) is 5.32 Å². The number of aromatic amines is 1. The zero-order chi connectivity index (χ0) is 21.3. The number of aryl methyl sites for hydroxylation is 1. The van der Waals surface area contributed by atoms with Crippen LogP contribution in [0.5, 0.6) is 5.75 Å². The third-order valence-electron chi connectivity index (χ3n) is 4.31. The number of nitrogens with zero attached hydrogens (tertiary/aromatic N) is 1. The lowest BCUT2D eigenvalue weighted by Crippen LogP contribution is -2.23. The largest absolute Gasteiger partial charge is 0.489 e. The minimum Gasteiger partial charge on any atom is -0.489 e. The van der Waals surface area contributed by atoms with E-state index < -0.39 is 5.25 Å². The highest BCUT2D eigenvalue weighted by atomic mass is 32.2. The van der Waals surface area contributed by atoms with Gasteiger partial charge in [-0.25, -0.2) is 4.98 Å². The lowest BCUT2D eigenvalue weighted by molar-refractivity contribution is -0.115. The quantitative estimate of drug-likeness (QED) is 0.393. The van der Waals surface area contributed by atoms with E-state index in [-0.39, 0.29) is 11.5 Å². The van der Waals surface area contributed by atoms with Gasteiger partial charge in [-0.15, -0.1) is 0 Å². The first-order valence-electron chi connectivity index (χ1n) is 9.88. The molecule has 3 aromatic rings. The number of hydrogen-bond acceptors (Lipinski definition) is 5. The molecule has 2 aromatic carbocycles. The molecule has 1 atom stereocenters. The van der Waals surface area contributed by atoms with Crippen molar-refractivity contribution in [2.24, 2.45) is 0 Å². The first kappa shape index (κ1) is 21.6. The standard InChI is InChI=1S/C23H25N3O3S/c1-3-7-19-14-21(27)26-23(25-19)30-16(2)22(28)24-18-10-12-20(13-11-18)29-15-17-8-5-4-6-9-17/h4-6,8-14,16H,3,7,15H2,1-2H3,(H,24,28)(H,25,26,27). The van der Waals surface area contributed by atoms with Gasteiger partial charge in [0.15, 0.2) is 5.16 Å². The van der Waals surface area contributed by atoms with Gasteiger partial charge in [0.1, 0.15) is 12.4 Å². The molecule has 3 rings (SSSR count). The summed E-state index contributed by atoms with van der Waals surface area (Å²) in [6.07, 6.45) is 1.64. The Labute approximate surface area is 180 Å². The summed E-state index contributed by atoms with van der Waals surface area (Å²) in [5, 5.41) is 2.92. The molecule has 1 unspecified atom stereocenters. The third kappa shape index (κ3) is 6.49. The van der Waals surface area contributed by atoms with E-state index in [1.54, 1.807) is 19.1 Å². The van der Waals surface area contributed by atoms with E-state index in [1.807, 2.05) is 49.4 Å². The summed E-state index contributed by atoms with van der Waals surface area (Å²) in [6, 6.07) is 18.7. The van der Waals surface area contributed by atoms with E-state index in [2.05, 4.69) is 15.3 Å². The number of aromatic nitrogens is 2. The molecule has 0 saturated carbocycles. The molecule has 6 nitrogen and oxygen atoms in total. The van der Waals surface area contributed by atoms with Gasteiger partial charge in [0.2, 0.25) is 5.91 Å². The number of thioether (sulfide) groups is 1.